The van der Waals surface area contributed by atoms with Crippen LogP contribution < -0.4 is 5.32 Å². The first kappa shape index (κ1) is 20.0. The predicted molar refractivity (Wildman–Crippen MR) is 85.8 cm³/mol. The second-order valence-electron chi connectivity index (χ2n) is 5.12. The van der Waals surface area contributed by atoms with E-state index in [-0.39, 0.29) is 6.07 Å². The molecule has 0 atom stereocenters. The number of anilines is 2. The Morgan fingerprint density at radius 2 is 1.54 bits per heavy atom. The Labute approximate surface area is 152 Å². The summed E-state index contributed by atoms with van der Waals surface area (Å²) in [7, 11) is 0. The van der Waals surface area contributed by atoms with E-state index in [1.54, 1.807) is 0 Å². The Hall–Kier alpha value is -4.28. The molecule has 1 N–H and O–H groups in total. The molecule has 14 heteroatoms. The number of halogens is 3. The highest BCUT2D eigenvalue weighted by molar-refractivity contribution is 5.79. The quantitative estimate of drug-likeness (QED) is 0.583. The number of non-ortho nitro benzene ring substituents is 2. The van der Waals surface area contributed by atoms with Crippen LogP contribution in [0, 0.1) is 41.7 Å². The van der Waals surface area contributed by atoms with Gasteiger partial charge in [-0.05, 0) is 6.07 Å². The Kier molecular flexibility index (Phi) is 5.12. The topological polar surface area (TPSA) is 165 Å². The van der Waals surface area contributed by atoms with Crippen molar-refractivity contribution in [1.29, 1.82) is 5.26 Å². The lowest BCUT2D eigenvalue weighted by Gasteiger charge is -2.15. The average molecular weight is 397 g/mol. The first-order valence-corrected chi connectivity index (χ1v) is 6.95. The molecule has 0 amide bonds. The molecular formula is C14H6F3N5O6. The summed E-state index contributed by atoms with van der Waals surface area (Å²) in [4.78, 5) is 29.4. The lowest BCUT2D eigenvalue weighted by Crippen LogP contribution is -2.12. The van der Waals surface area contributed by atoms with Gasteiger partial charge < -0.3 is 5.32 Å². The van der Waals surface area contributed by atoms with Gasteiger partial charge in [-0.1, -0.05) is 0 Å². The van der Waals surface area contributed by atoms with Crippen molar-refractivity contribution in [2.75, 3.05) is 5.32 Å². The van der Waals surface area contributed by atoms with Crippen molar-refractivity contribution in [3.63, 3.8) is 0 Å². The van der Waals surface area contributed by atoms with Gasteiger partial charge in [0.1, 0.15) is 11.8 Å². The number of alkyl halides is 3. The summed E-state index contributed by atoms with van der Waals surface area (Å²) in [6.45, 7) is 0. The van der Waals surface area contributed by atoms with Gasteiger partial charge >= 0.3 is 6.18 Å². The molecule has 0 aliphatic rings. The van der Waals surface area contributed by atoms with Crippen molar-refractivity contribution in [2.24, 2.45) is 0 Å². The zero-order valence-electron chi connectivity index (χ0n) is 13.3. The van der Waals surface area contributed by atoms with Crippen molar-refractivity contribution >= 4 is 28.4 Å². The molecule has 0 bridgehead atoms. The standard InChI is InChI=1S/C14H6F3N5O6/c15-14(16,17)10-4-9(21(25)26)5-12(22(27)28)13(10)19-11-2-1-8(20(23)24)3-7(11)6-18/h1-5,19H. The number of rotatable bonds is 5. The highest BCUT2D eigenvalue weighted by Crippen LogP contribution is 2.44. The smallest absolute Gasteiger partial charge is 0.348 e. The van der Waals surface area contributed by atoms with Gasteiger partial charge in [0.2, 0.25) is 0 Å². The summed E-state index contributed by atoms with van der Waals surface area (Å²) in [5.74, 6) is 0. The van der Waals surface area contributed by atoms with Gasteiger partial charge in [-0.25, -0.2) is 0 Å². The van der Waals surface area contributed by atoms with Crippen molar-refractivity contribution in [1.82, 2.24) is 0 Å². The lowest BCUT2D eigenvalue weighted by atomic mass is 10.1. The van der Waals surface area contributed by atoms with Crippen LogP contribution in [0.5, 0.6) is 0 Å². The van der Waals surface area contributed by atoms with Gasteiger partial charge in [-0.15, -0.1) is 0 Å². The van der Waals surface area contributed by atoms with Crippen LogP contribution in [0.15, 0.2) is 30.3 Å². The number of hydrogen-bond donors (Lipinski definition) is 1. The molecule has 144 valence electrons. The van der Waals surface area contributed by atoms with Crippen molar-refractivity contribution in [3.8, 4) is 6.07 Å². The molecule has 0 aliphatic carbocycles. The minimum Gasteiger partial charge on any atom is -0.348 e. The van der Waals surface area contributed by atoms with E-state index < -0.39 is 60.5 Å². The second kappa shape index (κ2) is 7.15. The number of nitro benzene ring substituents is 3. The SMILES string of the molecule is N#Cc1cc([N+](=O)[O-])ccc1Nc1c([N+](=O)[O-])cc([N+](=O)[O-])cc1C(F)(F)F. The van der Waals surface area contributed by atoms with Crippen LogP contribution in [0.4, 0.5) is 41.6 Å². The summed E-state index contributed by atoms with van der Waals surface area (Å²) in [6, 6.07) is 4.47. The van der Waals surface area contributed by atoms with Gasteiger partial charge in [0.05, 0.1) is 37.7 Å². The van der Waals surface area contributed by atoms with Crippen molar-refractivity contribution in [3.05, 3.63) is 71.8 Å². The molecule has 0 fully saturated rings. The zero-order chi connectivity index (χ0) is 21.2. The molecule has 11 nitrogen and oxygen atoms in total. The first-order chi connectivity index (χ1) is 13.0. The van der Waals surface area contributed by atoms with E-state index in [0.717, 1.165) is 18.2 Å². The number of nitro groups is 3. The van der Waals surface area contributed by atoms with Crippen LogP contribution in [-0.4, -0.2) is 14.8 Å². The molecule has 28 heavy (non-hydrogen) atoms. The van der Waals surface area contributed by atoms with Gasteiger partial charge in [-0.3, -0.25) is 30.3 Å². The zero-order valence-corrected chi connectivity index (χ0v) is 13.3. The molecule has 2 aromatic rings. The average Bonchev–Trinajstić information content (AvgIpc) is 2.60. The molecule has 2 rings (SSSR count). The van der Waals surface area contributed by atoms with Crippen LogP contribution >= 0.6 is 0 Å². The van der Waals surface area contributed by atoms with Gasteiger partial charge in [0.25, 0.3) is 17.1 Å². The number of nitriles is 1. The Morgan fingerprint density at radius 1 is 0.929 bits per heavy atom. The predicted octanol–water partition coefficient (Wildman–Crippen LogP) is 4.05. The van der Waals surface area contributed by atoms with Crippen LogP contribution in [0.2, 0.25) is 0 Å². The molecular weight excluding hydrogens is 391 g/mol. The molecule has 0 unspecified atom stereocenters. The summed E-state index contributed by atoms with van der Waals surface area (Å²) in [6.07, 6.45) is -5.22. The fraction of sp³-hybridized carbons (Fsp3) is 0.0714. The molecule has 2 aromatic carbocycles. The molecule has 0 heterocycles. The van der Waals surface area contributed by atoms with E-state index >= 15 is 0 Å². The van der Waals surface area contributed by atoms with E-state index in [1.165, 1.54) is 6.07 Å². The molecule has 0 saturated carbocycles. The summed E-state index contributed by atoms with van der Waals surface area (Å²) in [5.41, 5.74) is -6.66. The minimum atomic E-state index is -5.22. The number of nitrogens with zero attached hydrogens (tertiary/aromatic N) is 4. The monoisotopic (exact) mass is 397 g/mol. The van der Waals surface area contributed by atoms with E-state index in [0.29, 0.717) is 6.07 Å². The van der Waals surface area contributed by atoms with Gasteiger partial charge in [-0.2, -0.15) is 18.4 Å². The van der Waals surface area contributed by atoms with Crippen LogP contribution in [-0.2, 0) is 6.18 Å². The van der Waals surface area contributed by atoms with Crippen molar-refractivity contribution in [2.45, 2.75) is 6.18 Å². The Bertz CT molecular complexity index is 1050. The second-order valence-corrected chi connectivity index (χ2v) is 5.12. The molecule has 0 saturated heterocycles. The number of hydrogen-bond acceptors (Lipinski definition) is 8. The molecule has 0 aromatic heterocycles. The van der Waals surface area contributed by atoms with Crippen LogP contribution in [0.25, 0.3) is 0 Å². The largest absolute Gasteiger partial charge is 0.418 e. The molecule has 0 aliphatic heterocycles. The highest BCUT2D eigenvalue weighted by Gasteiger charge is 2.40. The molecule has 0 radical (unpaired) electrons. The third-order valence-corrected chi connectivity index (χ3v) is 3.41. The summed E-state index contributed by atoms with van der Waals surface area (Å²) < 4.78 is 40.1. The maximum absolute atomic E-state index is 13.4. The van der Waals surface area contributed by atoms with E-state index in [2.05, 4.69) is 5.32 Å². The lowest BCUT2D eigenvalue weighted by molar-refractivity contribution is -0.394. The van der Waals surface area contributed by atoms with Crippen LogP contribution in [0.1, 0.15) is 11.1 Å². The fourth-order valence-electron chi connectivity index (χ4n) is 2.20. The Balaban J connectivity index is 2.75. The maximum Gasteiger partial charge on any atom is 0.418 e. The minimum absolute atomic E-state index is 0.104. The van der Waals surface area contributed by atoms with Gasteiger partial charge in [0, 0.05) is 18.2 Å². The highest BCUT2D eigenvalue weighted by atomic mass is 19.4. The Morgan fingerprint density at radius 3 is 2.00 bits per heavy atom. The number of benzene rings is 2. The van der Waals surface area contributed by atoms with Crippen LogP contribution in [0.3, 0.4) is 0 Å². The maximum atomic E-state index is 13.4. The third-order valence-electron chi connectivity index (χ3n) is 3.41. The fourth-order valence-corrected chi connectivity index (χ4v) is 2.20. The third kappa shape index (κ3) is 3.93. The van der Waals surface area contributed by atoms with Gasteiger partial charge in [0.15, 0.2) is 0 Å². The van der Waals surface area contributed by atoms with Crippen molar-refractivity contribution < 1.29 is 27.9 Å². The first-order valence-electron chi connectivity index (χ1n) is 6.95. The number of nitrogens with one attached hydrogen (secondary N) is 1. The van der Waals surface area contributed by atoms with E-state index in [9.17, 15) is 43.5 Å². The normalized spacial score (nSPS) is 10.8. The summed E-state index contributed by atoms with van der Waals surface area (Å²) >= 11 is 0. The van der Waals surface area contributed by atoms with E-state index in [4.69, 9.17) is 5.26 Å². The summed E-state index contributed by atoms with van der Waals surface area (Å²) in [5, 5.41) is 43.9. The molecule has 0 spiro atoms. The van der Waals surface area contributed by atoms with E-state index in [1.807, 2.05) is 0 Å².